The number of pyridine rings is 1. The first-order valence-electron chi connectivity index (χ1n) is 9.85. The number of piperidine rings is 1. The van der Waals surface area contributed by atoms with Crippen molar-refractivity contribution in [1.29, 1.82) is 0 Å². The zero-order valence-electron chi connectivity index (χ0n) is 15.7. The quantitative estimate of drug-likeness (QED) is 0.726. The van der Waals surface area contributed by atoms with Crippen molar-refractivity contribution in [1.82, 2.24) is 14.8 Å². The maximum atomic E-state index is 12.9. The second kappa shape index (κ2) is 7.87. The summed E-state index contributed by atoms with van der Waals surface area (Å²) < 4.78 is 43.8. The smallest absolute Gasteiger partial charge is 0.416 e. The van der Waals surface area contributed by atoms with Crippen molar-refractivity contribution in [3.8, 4) is 0 Å². The minimum atomic E-state index is -4.35. The van der Waals surface area contributed by atoms with Gasteiger partial charge in [-0.2, -0.15) is 13.2 Å². The van der Waals surface area contributed by atoms with Gasteiger partial charge in [0, 0.05) is 57.9 Å². The Balaban J connectivity index is 1.29. The SMILES string of the molecule is O=C1OCC[C@H]1N1CCC(N2CCN(c3cc(C(F)(F)F)ccn3)CC2)CC1. The van der Waals surface area contributed by atoms with Crippen LogP contribution >= 0.6 is 0 Å². The molecule has 0 amide bonds. The summed E-state index contributed by atoms with van der Waals surface area (Å²) in [6, 6.07) is 2.53. The van der Waals surface area contributed by atoms with Gasteiger partial charge in [-0.25, -0.2) is 4.98 Å². The number of piperazine rings is 1. The number of aromatic nitrogens is 1. The molecule has 1 aromatic rings. The number of hydrogen-bond donors (Lipinski definition) is 0. The second-order valence-electron chi connectivity index (χ2n) is 7.66. The molecule has 154 valence electrons. The van der Waals surface area contributed by atoms with Gasteiger partial charge in [0.05, 0.1) is 12.2 Å². The van der Waals surface area contributed by atoms with Crippen molar-refractivity contribution in [3.63, 3.8) is 0 Å². The van der Waals surface area contributed by atoms with E-state index in [1.807, 2.05) is 4.90 Å². The number of hydrogen-bond acceptors (Lipinski definition) is 6. The number of alkyl halides is 3. The number of likely N-dealkylation sites (tertiary alicyclic amines) is 1. The summed E-state index contributed by atoms with van der Waals surface area (Å²) in [6.07, 6.45) is -0.323. The van der Waals surface area contributed by atoms with Gasteiger partial charge in [0.25, 0.3) is 0 Å². The molecule has 3 aliphatic heterocycles. The summed E-state index contributed by atoms with van der Waals surface area (Å²) in [4.78, 5) is 22.5. The van der Waals surface area contributed by atoms with E-state index >= 15 is 0 Å². The molecule has 9 heteroatoms. The van der Waals surface area contributed by atoms with Gasteiger partial charge < -0.3 is 9.64 Å². The van der Waals surface area contributed by atoms with Crippen LogP contribution in [-0.4, -0.2) is 78.7 Å². The molecule has 3 fully saturated rings. The first kappa shape index (κ1) is 19.4. The number of rotatable bonds is 3. The van der Waals surface area contributed by atoms with E-state index in [-0.39, 0.29) is 12.0 Å². The average molecular weight is 398 g/mol. The molecule has 4 rings (SSSR count). The standard InChI is InChI=1S/C19H25F3N4O2/c20-19(21,22)14-1-5-23-17(13-14)26-10-8-24(9-11-26)15-2-6-25(7-3-15)16-4-12-28-18(16)27/h1,5,13,15-16H,2-4,6-12H2/t16-/m1/s1. The van der Waals surface area contributed by atoms with Gasteiger partial charge in [-0.1, -0.05) is 0 Å². The molecule has 28 heavy (non-hydrogen) atoms. The van der Waals surface area contributed by atoms with E-state index < -0.39 is 11.7 Å². The van der Waals surface area contributed by atoms with E-state index in [0.29, 0.717) is 31.6 Å². The molecule has 0 N–H and O–H groups in total. The van der Waals surface area contributed by atoms with Crippen LogP contribution in [0.4, 0.5) is 19.0 Å². The number of cyclic esters (lactones) is 1. The number of carbonyl (C=O) groups excluding carboxylic acids is 1. The zero-order chi connectivity index (χ0) is 19.7. The van der Waals surface area contributed by atoms with E-state index in [4.69, 9.17) is 4.74 Å². The Kier molecular flexibility index (Phi) is 5.46. The lowest BCUT2D eigenvalue weighted by atomic mass is 10.00. The number of nitrogens with zero attached hydrogens (tertiary/aromatic N) is 4. The molecule has 1 aromatic heterocycles. The summed E-state index contributed by atoms with van der Waals surface area (Å²) >= 11 is 0. The second-order valence-corrected chi connectivity index (χ2v) is 7.66. The Morgan fingerprint density at radius 3 is 2.32 bits per heavy atom. The summed E-state index contributed by atoms with van der Waals surface area (Å²) in [5.41, 5.74) is -0.655. The van der Waals surface area contributed by atoms with E-state index in [1.165, 1.54) is 6.20 Å². The van der Waals surface area contributed by atoms with Crippen molar-refractivity contribution in [3.05, 3.63) is 23.9 Å². The van der Waals surface area contributed by atoms with Crippen LogP contribution in [0.1, 0.15) is 24.8 Å². The summed E-state index contributed by atoms with van der Waals surface area (Å²) in [5.74, 6) is 0.296. The molecule has 0 spiro atoms. The first-order chi connectivity index (χ1) is 13.4. The fourth-order valence-corrected chi connectivity index (χ4v) is 4.46. The third kappa shape index (κ3) is 4.10. The molecule has 0 aliphatic carbocycles. The molecular formula is C19H25F3N4O2. The average Bonchev–Trinajstić information content (AvgIpc) is 3.14. The molecule has 1 atom stereocenters. The molecule has 3 saturated heterocycles. The van der Waals surface area contributed by atoms with Gasteiger partial charge in [-0.3, -0.25) is 14.6 Å². The first-order valence-corrected chi connectivity index (χ1v) is 9.85. The lowest BCUT2D eigenvalue weighted by Gasteiger charge is -2.43. The molecule has 0 unspecified atom stereocenters. The van der Waals surface area contributed by atoms with Gasteiger partial charge in [-0.05, 0) is 25.0 Å². The highest BCUT2D eigenvalue weighted by atomic mass is 19.4. The lowest BCUT2D eigenvalue weighted by Crippen LogP contribution is -2.54. The summed E-state index contributed by atoms with van der Waals surface area (Å²) in [5, 5.41) is 0. The maximum Gasteiger partial charge on any atom is 0.416 e. The molecule has 0 radical (unpaired) electrons. The number of esters is 1. The number of ether oxygens (including phenoxy) is 1. The van der Waals surface area contributed by atoms with Crippen LogP contribution in [0.5, 0.6) is 0 Å². The van der Waals surface area contributed by atoms with Crippen LogP contribution in [0.2, 0.25) is 0 Å². The fourth-order valence-electron chi connectivity index (χ4n) is 4.46. The molecule has 0 bridgehead atoms. The van der Waals surface area contributed by atoms with Gasteiger partial charge in [0.15, 0.2) is 0 Å². The van der Waals surface area contributed by atoms with E-state index in [9.17, 15) is 18.0 Å². The molecule has 6 nitrogen and oxygen atoms in total. The highest BCUT2D eigenvalue weighted by Gasteiger charge is 2.36. The Hall–Kier alpha value is -1.87. The van der Waals surface area contributed by atoms with Crippen LogP contribution in [0.15, 0.2) is 18.3 Å². The predicted octanol–water partition coefficient (Wildman–Crippen LogP) is 2.00. The Morgan fingerprint density at radius 1 is 1.00 bits per heavy atom. The Labute approximate surface area is 162 Å². The van der Waals surface area contributed by atoms with Crippen LogP contribution in [0.25, 0.3) is 0 Å². The minimum Gasteiger partial charge on any atom is -0.464 e. The zero-order valence-corrected chi connectivity index (χ0v) is 15.7. The van der Waals surface area contributed by atoms with Crippen LogP contribution < -0.4 is 4.90 Å². The third-order valence-corrected chi connectivity index (χ3v) is 6.08. The number of carbonyl (C=O) groups is 1. The van der Waals surface area contributed by atoms with Crippen LogP contribution in [0.3, 0.4) is 0 Å². The van der Waals surface area contributed by atoms with Crippen molar-refractivity contribution >= 4 is 11.8 Å². The maximum absolute atomic E-state index is 12.9. The number of halogens is 3. The Morgan fingerprint density at radius 2 is 1.71 bits per heavy atom. The van der Waals surface area contributed by atoms with Gasteiger partial charge >= 0.3 is 12.1 Å². The van der Waals surface area contributed by atoms with Gasteiger partial charge in [0.1, 0.15) is 11.9 Å². The van der Waals surface area contributed by atoms with Crippen molar-refractivity contribution in [2.75, 3.05) is 50.8 Å². The summed E-state index contributed by atoms with van der Waals surface area (Å²) in [7, 11) is 0. The normalized spacial score (nSPS) is 25.9. The largest absolute Gasteiger partial charge is 0.464 e. The van der Waals surface area contributed by atoms with E-state index in [0.717, 1.165) is 57.6 Å². The predicted molar refractivity (Wildman–Crippen MR) is 97.0 cm³/mol. The molecule has 0 saturated carbocycles. The fraction of sp³-hybridized carbons (Fsp3) is 0.684. The Bertz CT molecular complexity index is 699. The number of anilines is 1. The highest BCUT2D eigenvalue weighted by Crippen LogP contribution is 2.31. The molecule has 3 aliphatic rings. The van der Waals surface area contributed by atoms with Crippen LogP contribution in [-0.2, 0) is 15.7 Å². The monoisotopic (exact) mass is 398 g/mol. The molecule has 0 aromatic carbocycles. The van der Waals surface area contributed by atoms with Gasteiger partial charge in [0.2, 0.25) is 0 Å². The summed E-state index contributed by atoms with van der Waals surface area (Å²) in [6.45, 7) is 5.27. The van der Waals surface area contributed by atoms with Gasteiger partial charge in [-0.15, -0.1) is 0 Å². The van der Waals surface area contributed by atoms with Crippen molar-refractivity contribution in [2.45, 2.75) is 37.5 Å². The molecular weight excluding hydrogens is 373 g/mol. The topological polar surface area (TPSA) is 48.9 Å². The van der Waals surface area contributed by atoms with E-state index in [1.54, 1.807) is 0 Å². The molecule has 4 heterocycles. The van der Waals surface area contributed by atoms with E-state index in [2.05, 4.69) is 14.8 Å². The minimum absolute atomic E-state index is 0.0789. The highest BCUT2D eigenvalue weighted by molar-refractivity contribution is 5.77. The van der Waals surface area contributed by atoms with Crippen LogP contribution in [0, 0.1) is 0 Å². The van der Waals surface area contributed by atoms with Crippen molar-refractivity contribution in [2.24, 2.45) is 0 Å². The third-order valence-electron chi connectivity index (χ3n) is 6.08. The van der Waals surface area contributed by atoms with Crippen molar-refractivity contribution < 1.29 is 22.7 Å². The lowest BCUT2D eigenvalue weighted by molar-refractivity contribution is -0.143.